The lowest BCUT2D eigenvalue weighted by Crippen LogP contribution is -2.25. The summed E-state index contributed by atoms with van der Waals surface area (Å²) in [6.07, 6.45) is 1.27. The number of carbonyl (C=O) groups excluding carboxylic acids is 1. The normalized spacial score (nSPS) is 10.4. The van der Waals surface area contributed by atoms with E-state index in [2.05, 4.69) is 10.1 Å². The van der Waals surface area contributed by atoms with Gasteiger partial charge in [0.05, 0.1) is 19.0 Å². The van der Waals surface area contributed by atoms with Crippen molar-refractivity contribution in [3.05, 3.63) is 58.0 Å². The Morgan fingerprint density at radius 3 is 2.73 bits per heavy atom. The largest absolute Gasteiger partial charge is 0.465 e. The first-order chi connectivity index (χ1) is 10.7. The molecule has 0 unspecified atom stereocenters. The second-order valence-corrected chi connectivity index (χ2v) is 4.47. The zero-order chi connectivity index (χ0) is 15.7. The molecule has 1 aromatic carbocycles. The summed E-state index contributed by atoms with van der Waals surface area (Å²) in [5, 5.41) is 12.9. The summed E-state index contributed by atoms with van der Waals surface area (Å²) in [4.78, 5) is 27.5. The molecule has 7 nitrogen and oxygen atoms in total. The number of H-pyrrole nitrogens is 1. The molecule has 2 heterocycles. The number of fused-ring (bicyclic) bond motifs is 1. The molecule has 7 heteroatoms. The van der Waals surface area contributed by atoms with Gasteiger partial charge in [-0.05, 0) is 5.56 Å². The van der Waals surface area contributed by atoms with Crippen molar-refractivity contribution < 1.29 is 9.53 Å². The molecule has 3 aromatic rings. The molecular weight excluding hydrogens is 284 g/mol. The molecule has 3 rings (SSSR count). The van der Waals surface area contributed by atoms with Crippen LogP contribution in [0.1, 0.15) is 15.9 Å². The van der Waals surface area contributed by atoms with E-state index in [-0.39, 0.29) is 16.8 Å². The van der Waals surface area contributed by atoms with Gasteiger partial charge in [0.1, 0.15) is 11.6 Å². The van der Waals surface area contributed by atoms with E-state index >= 15 is 0 Å². The Bertz CT molecular complexity index is 964. The highest BCUT2D eigenvalue weighted by molar-refractivity contribution is 5.96. The zero-order valence-corrected chi connectivity index (χ0v) is 11.5. The fourth-order valence-electron chi connectivity index (χ4n) is 2.21. The number of nitrogens with one attached hydrogen (secondary N) is 1. The lowest BCUT2D eigenvalue weighted by molar-refractivity contribution is 0.0599. The molecule has 108 valence electrons. The minimum Gasteiger partial charge on any atom is -0.465 e. The molecule has 2 aromatic heterocycles. The van der Waals surface area contributed by atoms with Crippen molar-refractivity contribution in [2.75, 3.05) is 7.11 Å². The van der Waals surface area contributed by atoms with Crippen LogP contribution in [-0.4, -0.2) is 27.7 Å². The van der Waals surface area contributed by atoms with Crippen molar-refractivity contribution in [1.82, 2.24) is 14.6 Å². The molecule has 0 bridgehead atoms. The van der Waals surface area contributed by atoms with E-state index in [1.807, 2.05) is 12.1 Å². The van der Waals surface area contributed by atoms with Gasteiger partial charge in [0.2, 0.25) is 0 Å². The first-order valence-corrected chi connectivity index (χ1v) is 6.35. The highest BCUT2D eigenvalue weighted by atomic mass is 16.5. The lowest BCUT2D eigenvalue weighted by Gasteiger charge is -2.08. The first-order valence-electron chi connectivity index (χ1n) is 6.35. The van der Waals surface area contributed by atoms with Gasteiger partial charge in [-0.25, -0.2) is 4.79 Å². The zero-order valence-electron chi connectivity index (χ0n) is 11.5. The molecule has 22 heavy (non-hydrogen) atoms. The number of methoxy groups -OCH3 is 1. The van der Waals surface area contributed by atoms with Gasteiger partial charge in [-0.3, -0.25) is 4.79 Å². The van der Waals surface area contributed by atoms with Gasteiger partial charge in [-0.2, -0.15) is 14.9 Å². The van der Waals surface area contributed by atoms with Gasteiger partial charge in [-0.1, -0.05) is 30.3 Å². The fourth-order valence-corrected chi connectivity index (χ4v) is 2.21. The van der Waals surface area contributed by atoms with Gasteiger partial charge in [-0.15, -0.1) is 0 Å². The Hall–Kier alpha value is -3.40. The van der Waals surface area contributed by atoms with E-state index in [1.165, 1.54) is 13.3 Å². The fraction of sp³-hybridized carbons (Fsp3) is 0.0667. The predicted molar refractivity (Wildman–Crippen MR) is 77.3 cm³/mol. The summed E-state index contributed by atoms with van der Waals surface area (Å²) in [7, 11) is 1.20. The summed E-state index contributed by atoms with van der Waals surface area (Å²) in [6, 6.07) is 10.8. The Morgan fingerprint density at radius 1 is 1.36 bits per heavy atom. The van der Waals surface area contributed by atoms with E-state index in [0.29, 0.717) is 11.3 Å². The molecule has 1 N–H and O–H groups in total. The Kier molecular flexibility index (Phi) is 3.20. The average molecular weight is 294 g/mol. The third-order valence-electron chi connectivity index (χ3n) is 3.24. The molecule has 0 saturated carbocycles. The van der Waals surface area contributed by atoms with Gasteiger partial charge in [0, 0.05) is 0 Å². The molecule has 0 atom stereocenters. The number of nitriles is 1. The summed E-state index contributed by atoms with van der Waals surface area (Å²) < 4.78 is 5.68. The van der Waals surface area contributed by atoms with E-state index < -0.39 is 11.5 Å². The maximum atomic E-state index is 12.5. The minimum absolute atomic E-state index is 0.159. The van der Waals surface area contributed by atoms with Crippen molar-refractivity contribution >= 4 is 11.6 Å². The summed E-state index contributed by atoms with van der Waals surface area (Å²) in [5.74, 6) is -0.768. The Morgan fingerprint density at radius 2 is 2.09 bits per heavy atom. The summed E-state index contributed by atoms with van der Waals surface area (Å²) >= 11 is 0. The smallest absolute Gasteiger partial charge is 0.345 e. The van der Waals surface area contributed by atoms with Crippen LogP contribution in [0.3, 0.4) is 0 Å². The second-order valence-electron chi connectivity index (χ2n) is 4.47. The number of benzene rings is 1. The predicted octanol–water partition coefficient (Wildman–Crippen LogP) is 1.35. The van der Waals surface area contributed by atoms with Crippen LogP contribution in [0, 0.1) is 11.3 Å². The number of ether oxygens (including phenoxy) is 1. The van der Waals surface area contributed by atoms with Crippen molar-refractivity contribution in [2.24, 2.45) is 0 Å². The quantitative estimate of drug-likeness (QED) is 0.719. The van der Waals surface area contributed by atoms with E-state index in [9.17, 15) is 9.59 Å². The molecule has 0 fully saturated rings. The number of aromatic amines is 1. The van der Waals surface area contributed by atoms with E-state index in [1.54, 1.807) is 24.3 Å². The molecule has 0 radical (unpaired) electrons. The van der Waals surface area contributed by atoms with Crippen LogP contribution >= 0.6 is 0 Å². The van der Waals surface area contributed by atoms with Crippen molar-refractivity contribution in [3.63, 3.8) is 0 Å². The molecular formula is C15H10N4O3. The summed E-state index contributed by atoms with van der Waals surface area (Å²) in [6.45, 7) is 0. The number of hydrogen-bond acceptors (Lipinski definition) is 5. The van der Waals surface area contributed by atoms with Crippen LogP contribution in [-0.2, 0) is 4.74 Å². The maximum absolute atomic E-state index is 12.5. The van der Waals surface area contributed by atoms with Crippen molar-refractivity contribution in [1.29, 1.82) is 5.26 Å². The number of rotatable bonds is 2. The number of aromatic nitrogens is 3. The molecule has 0 aliphatic heterocycles. The third kappa shape index (κ3) is 1.94. The monoisotopic (exact) mass is 294 g/mol. The van der Waals surface area contributed by atoms with Crippen LogP contribution in [0.15, 0.2) is 41.3 Å². The molecule has 0 saturated heterocycles. The third-order valence-corrected chi connectivity index (χ3v) is 3.24. The Balaban J connectivity index is 2.45. The van der Waals surface area contributed by atoms with Gasteiger partial charge in [0.15, 0.2) is 11.2 Å². The Labute approximate surface area is 124 Å². The van der Waals surface area contributed by atoms with E-state index in [0.717, 1.165) is 4.52 Å². The number of hydrogen-bond donors (Lipinski definition) is 1. The maximum Gasteiger partial charge on any atom is 0.345 e. The minimum atomic E-state index is -0.768. The van der Waals surface area contributed by atoms with Crippen LogP contribution in [0.25, 0.3) is 16.9 Å². The van der Waals surface area contributed by atoms with Gasteiger partial charge >= 0.3 is 5.97 Å². The van der Waals surface area contributed by atoms with Gasteiger partial charge in [0.25, 0.3) is 5.56 Å². The highest BCUT2D eigenvalue weighted by Crippen LogP contribution is 2.21. The molecule has 0 spiro atoms. The van der Waals surface area contributed by atoms with Crippen molar-refractivity contribution in [3.8, 4) is 17.3 Å². The van der Waals surface area contributed by atoms with Crippen molar-refractivity contribution in [2.45, 2.75) is 0 Å². The summed E-state index contributed by atoms with van der Waals surface area (Å²) in [5.41, 5.74) is 0.578. The lowest BCUT2D eigenvalue weighted by atomic mass is 10.1. The van der Waals surface area contributed by atoms with E-state index in [4.69, 9.17) is 10.00 Å². The van der Waals surface area contributed by atoms with Crippen LogP contribution < -0.4 is 5.56 Å². The molecule has 0 aliphatic carbocycles. The second kappa shape index (κ2) is 5.18. The SMILES string of the molecule is COC(=O)c1c(-c2ccccc2)[nH]c2c(C#N)cnn2c1=O. The number of nitrogens with zero attached hydrogens (tertiary/aromatic N) is 3. The number of carbonyl (C=O) groups is 1. The van der Waals surface area contributed by atoms with Crippen LogP contribution in [0.2, 0.25) is 0 Å². The van der Waals surface area contributed by atoms with Crippen LogP contribution in [0.4, 0.5) is 0 Å². The standard InChI is InChI=1S/C15H10N4O3/c1-22-15(21)11-12(9-5-3-2-4-6-9)18-13-10(7-16)8-17-19(13)14(11)20/h2-6,8,18H,1H3. The first kappa shape index (κ1) is 13.6. The average Bonchev–Trinajstić information content (AvgIpc) is 2.98. The highest BCUT2D eigenvalue weighted by Gasteiger charge is 2.22. The topological polar surface area (TPSA) is 100 Å². The molecule has 0 amide bonds. The molecule has 0 aliphatic rings. The van der Waals surface area contributed by atoms with Gasteiger partial charge < -0.3 is 9.72 Å². The van der Waals surface area contributed by atoms with Crippen LogP contribution in [0.5, 0.6) is 0 Å². The number of esters is 1.